The van der Waals surface area contributed by atoms with Crippen LogP contribution in [0.4, 0.5) is 0 Å². The maximum absolute atomic E-state index is 11.4. The molecule has 0 radical (unpaired) electrons. The maximum atomic E-state index is 11.4. The van der Waals surface area contributed by atoms with Gasteiger partial charge in [0.1, 0.15) is 10.6 Å². The first-order chi connectivity index (χ1) is 7.45. The summed E-state index contributed by atoms with van der Waals surface area (Å²) in [7, 11) is -3.78. The van der Waals surface area contributed by atoms with E-state index in [1.54, 1.807) is 0 Å². The molecular weight excluding hydrogens is 232 g/mol. The van der Waals surface area contributed by atoms with Gasteiger partial charge in [-0.2, -0.15) is 0 Å². The zero-order valence-electron chi connectivity index (χ0n) is 8.89. The average Bonchev–Trinajstić information content (AvgIpc) is 2.66. The lowest BCUT2D eigenvalue weighted by Crippen LogP contribution is -2.11. The largest absolute Gasteiger partial charge is 0.461 e. The number of hydrogen-bond acceptors (Lipinski definition) is 4. The summed E-state index contributed by atoms with van der Waals surface area (Å²) in [4.78, 5) is 13.7. The van der Waals surface area contributed by atoms with Crippen LogP contribution in [0.5, 0.6) is 0 Å². The third kappa shape index (κ3) is 3.35. The van der Waals surface area contributed by atoms with E-state index < -0.39 is 16.0 Å². The molecule has 0 saturated heterocycles. The first kappa shape index (κ1) is 12.7. The predicted molar refractivity (Wildman–Crippen MR) is 57.4 cm³/mol. The van der Waals surface area contributed by atoms with Crippen molar-refractivity contribution in [1.29, 1.82) is 0 Å². The van der Waals surface area contributed by atoms with Gasteiger partial charge in [-0.05, 0) is 12.5 Å². The third-order valence-corrected chi connectivity index (χ3v) is 2.83. The number of esters is 1. The highest BCUT2D eigenvalue weighted by atomic mass is 32.2. The monoisotopic (exact) mass is 246 g/mol. The van der Waals surface area contributed by atoms with E-state index in [1.807, 2.05) is 6.92 Å². The summed E-state index contributed by atoms with van der Waals surface area (Å²) in [5, 5.41) is 4.89. The molecule has 0 amide bonds. The Morgan fingerprint density at radius 2 is 2.25 bits per heavy atom. The molecule has 0 bridgehead atoms. The normalized spacial score (nSPS) is 11.4. The van der Waals surface area contributed by atoms with Crippen LogP contribution in [0.1, 0.15) is 30.3 Å². The minimum absolute atomic E-state index is 0.0835. The molecule has 1 aromatic rings. The van der Waals surface area contributed by atoms with Gasteiger partial charge in [0.05, 0.1) is 6.61 Å². The molecule has 7 heteroatoms. The van der Waals surface area contributed by atoms with Crippen LogP contribution in [0, 0.1) is 0 Å². The van der Waals surface area contributed by atoms with Crippen LogP contribution < -0.4 is 5.14 Å². The van der Waals surface area contributed by atoms with Crippen LogP contribution in [0.2, 0.25) is 0 Å². The van der Waals surface area contributed by atoms with E-state index in [0.29, 0.717) is 6.61 Å². The fraction of sp³-hybridized carbons (Fsp3) is 0.444. The Labute approximate surface area is 93.8 Å². The smallest absolute Gasteiger partial charge is 0.354 e. The maximum Gasteiger partial charge on any atom is 0.354 e. The number of sulfonamides is 1. The molecule has 0 saturated carbocycles. The zero-order chi connectivity index (χ0) is 12.2. The molecule has 0 fully saturated rings. The van der Waals surface area contributed by atoms with Gasteiger partial charge in [-0.3, -0.25) is 0 Å². The summed E-state index contributed by atoms with van der Waals surface area (Å²) in [5.74, 6) is -0.580. The average molecular weight is 246 g/mol. The number of nitrogens with two attached hydrogens (primary N) is 1. The standard InChI is InChI=1S/C9H14N2O4S/c1-2-3-4-15-9(12)8-5-7(6-11-8)16(10,13)14/h5-6,11H,2-4H2,1H3,(H2,10,13,14). The second-order valence-corrected chi connectivity index (χ2v) is 4.84. The van der Waals surface area contributed by atoms with Gasteiger partial charge in [0.2, 0.25) is 10.0 Å². The number of hydrogen-bond donors (Lipinski definition) is 2. The highest BCUT2D eigenvalue weighted by molar-refractivity contribution is 7.89. The highest BCUT2D eigenvalue weighted by Gasteiger charge is 2.15. The van der Waals surface area contributed by atoms with Crippen LogP contribution in [-0.4, -0.2) is 26.0 Å². The van der Waals surface area contributed by atoms with Gasteiger partial charge in [-0.1, -0.05) is 13.3 Å². The quantitative estimate of drug-likeness (QED) is 0.587. The fourth-order valence-corrected chi connectivity index (χ4v) is 1.55. The first-order valence-electron chi connectivity index (χ1n) is 4.83. The van der Waals surface area contributed by atoms with Crippen molar-refractivity contribution in [3.05, 3.63) is 18.0 Å². The van der Waals surface area contributed by atoms with Crippen LogP contribution in [0.15, 0.2) is 17.2 Å². The summed E-state index contributed by atoms with van der Waals surface area (Å²) in [6.07, 6.45) is 2.85. The number of H-pyrrole nitrogens is 1. The summed E-state index contributed by atoms with van der Waals surface area (Å²) < 4.78 is 26.8. The lowest BCUT2D eigenvalue weighted by Gasteiger charge is -2.00. The lowest BCUT2D eigenvalue weighted by molar-refractivity contribution is 0.0493. The van der Waals surface area contributed by atoms with Crippen molar-refractivity contribution in [2.24, 2.45) is 5.14 Å². The summed E-state index contributed by atoms with van der Waals surface area (Å²) in [5.41, 5.74) is 0.0835. The number of carbonyl (C=O) groups is 1. The molecule has 6 nitrogen and oxygen atoms in total. The second kappa shape index (κ2) is 5.13. The molecule has 16 heavy (non-hydrogen) atoms. The Balaban J connectivity index is 2.68. The Morgan fingerprint density at radius 3 is 2.75 bits per heavy atom. The Bertz CT molecular complexity index is 464. The molecule has 0 spiro atoms. The van der Waals surface area contributed by atoms with Crippen molar-refractivity contribution in [2.75, 3.05) is 6.61 Å². The summed E-state index contributed by atoms with van der Waals surface area (Å²) >= 11 is 0. The number of aromatic nitrogens is 1. The van der Waals surface area contributed by atoms with E-state index in [-0.39, 0.29) is 10.6 Å². The van der Waals surface area contributed by atoms with Crippen molar-refractivity contribution in [2.45, 2.75) is 24.7 Å². The number of unbranched alkanes of at least 4 members (excludes halogenated alkanes) is 1. The highest BCUT2D eigenvalue weighted by Crippen LogP contribution is 2.09. The van der Waals surface area contributed by atoms with E-state index in [2.05, 4.69) is 4.98 Å². The first-order valence-corrected chi connectivity index (χ1v) is 6.38. The third-order valence-electron chi connectivity index (χ3n) is 1.94. The molecule has 0 aliphatic rings. The molecule has 0 atom stereocenters. The summed E-state index contributed by atoms with van der Waals surface area (Å²) in [6, 6.07) is 1.16. The number of ether oxygens (including phenoxy) is 1. The van der Waals surface area contributed by atoms with Gasteiger partial charge in [-0.15, -0.1) is 0 Å². The van der Waals surface area contributed by atoms with Crippen molar-refractivity contribution >= 4 is 16.0 Å². The van der Waals surface area contributed by atoms with Crippen LogP contribution >= 0.6 is 0 Å². The molecule has 0 aromatic carbocycles. The molecule has 3 N–H and O–H groups in total. The molecule has 1 aromatic heterocycles. The van der Waals surface area contributed by atoms with Crippen LogP contribution in [0.25, 0.3) is 0 Å². The van der Waals surface area contributed by atoms with E-state index >= 15 is 0 Å². The van der Waals surface area contributed by atoms with E-state index in [9.17, 15) is 13.2 Å². The number of nitrogens with one attached hydrogen (secondary N) is 1. The van der Waals surface area contributed by atoms with E-state index in [1.165, 1.54) is 0 Å². The molecule has 1 heterocycles. The van der Waals surface area contributed by atoms with Crippen molar-refractivity contribution in [3.8, 4) is 0 Å². The minimum Gasteiger partial charge on any atom is -0.461 e. The SMILES string of the molecule is CCCCOC(=O)c1cc(S(N)(=O)=O)c[nH]1. The fourth-order valence-electron chi connectivity index (χ4n) is 1.04. The van der Waals surface area contributed by atoms with Gasteiger partial charge in [0.15, 0.2) is 0 Å². The van der Waals surface area contributed by atoms with Gasteiger partial charge in [0.25, 0.3) is 0 Å². The number of rotatable bonds is 5. The van der Waals surface area contributed by atoms with Crippen molar-refractivity contribution in [1.82, 2.24) is 4.98 Å². The Morgan fingerprint density at radius 1 is 1.56 bits per heavy atom. The summed E-state index contributed by atoms with van der Waals surface area (Å²) in [6.45, 7) is 2.29. The molecule has 0 unspecified atom stereocenters. The zero-order valence-corrected chi connectivity index (χ0v) is 9.71. The topological polar surface area (TPSA) is 102 Å². The van der Waals surface area contributed by atoms with Gasteiger partial charge < -0.3 is 9.72 Å². The van der Waals surface area contributed by atoms with E-state index in [4.69, 9.17) is 9.88 Å². The van der Waals surface area contributed by atoms with Crippen molar-refractivity contribution in [3.63, 3.8) is 0 Å². The van der Waals surface area contributed by atoms with Gasteiger partial charge in [0, 0.05) is 6.20 Å². The molecular formula is C9H14N2O4S. The second-order valence-electron chi connectivity index (χ2n) is 3.28. The number of carbonyl (C=O) groups excluding carboxylic acids is 1. The van der Waals surface area contributed by atoms with E-state index in [0.717, 1.165) is 25.1 Å². The van der Waals surface area contributed by atoms with Crippen LogP contribution in [0.3, 0.4) is 0 Å². The van der Waals surface area contributed by atoms with Crippen molar-refractivity contribution < 1.29 is 17.9 Å². The Hall–Kier alpha value is -1.34. The number of primary sulfonamides is 1. The minimum atomic E-state index is -3.78. The van der Waals surface area contributed by atoms with Gasteiger partial charge >= 0.3 is 5.97 Å². The number of aromatic amines is 1. The van der Waals surface area contributed by atoms with Crippen LogP contribution in [-0.2, 0) is 14.8 Å². The Kier molecular flexibility index (Phi) is 4.08. The van der Waals surface area contributed by atoms with Gasteiger partial charge in [-0.25, -0.2) is 18.4 Å². The molecule has 0 aliphatic carbocycles. The molecule has 0 aliphatic heterocycles. The predicted octanol–water partition coefficient (Wildman–Crippen LogP) is 0.619. The molecule has 90 valence electrons. The molecule has 1 rings (SSSR count). The lowest BCUT2D eigenvalue weighted by atomic mass is 10.3.